The first-order valence-electron chi connectivity index (χ1n) is 8.56. The van der Waals surface area contributed by atoms with Gasteiger partial charge in [-0.2, -0.15) is 5.10 Å². The van der Waals surface area contributed by atoms with Gasteiger partial charge < -0.3 is 4.74 Å². The van der Waals surface area contributed by atoms with Crippen molar-refractivity contribution in [2.75, 3.05) is 0 Å². The van der Waals surface area contributed by atoms with Crippen molar-refractivity contribution in [1.82, 2.24) is 5.43 Å². The van der Waals surface area contributed by atoms with E-state index in [4.69, 9.17) is 4.74 Å². The number of hydrogen-bond donors (Lipinski definition) is 1. The summed E-state index contributed by atoms with van der Waals surface area (Å²) in [5.41, 5.74) is 4.12. The van der Waals surface area contributed by atoms with Crippen molar-refractivity contribution >= 4 is 17.8 Å². The molecule has 0 aromatic heterocycles. The number of non-ortho nitro benzene ring substituents is 1. The number of benzene rings is 3. The summed E-state index contributed by atoms with van der Waals surface area (Å²) in [4.78, 5) is 22.1. The van der Waals surface area contributed by atoms with Crippen LogP contribution in [0.4, 0.5) is 10.1 Å². The van der Waals surface area contributed by atoms with Crippen LogP contribution < -0.4 is 10.2 Å². The summed E-state index contributed by atoms with van der Waals surface area (Å²) >= 11 is 0. The predicted octanol–water partition coefficient (Wildman–Crippen LogP) is 4.08. The molecule has 3 aromatic rings. The average Bonchev–Trinajstić information content (AvgIpc) is 2.74. The summed E-state index contributed by atoms with van der Waals surface area (Å²) in [5, 5.41) is 14.5. The SMILES string of the molecule is O=C(N/N=C\c1ccc(OCc2ccc(F)cc2)cc1)c1ccc([N+](=O)[O-])cc1. The van der Waals surface area contributed by atoms with Crippen LogP contribution in [0.2, 0.25) is 0 Å². The first kappa shape index (κ1) is 19.7. The second-order valence-electron chi connectivity index (χ2n) is 5.99. The van der Waals surface area contributed by atoms with Gasteiger partial charge in [-0.3, -0.25) is 14.9 Å². The fraction of sp³-hybridized carbons (Fsp3) is 0.0476. The highest BCUT2D eigenvalue weighted by molar-refractivity contribution is 5.95. The molecule has 0 aliphatic carbocycles. The van der Waals surface area contributed by atoms with E-state index in [-0.39, 0.29) is 17.1 Å². The van der Waals surface area contributed by atoms with Crippen molar-refractivity contribution in [3.05, 3.63) is 105 Å². The van der Waals surface area contributed by atoms with E-state index < -0.39 is 10.8 Å². The number of ether oxygens (including phenoxy) is 1. The minimum atomic E-state index is -0.535. The van der Waals surface area contributed by atoms with E-state index in [0.717, 1.165) is 11.1 Å². The first-order valence-corrected chi connectivity index (χ1v) is 8.56. The van der Waals surface area contributed by atoms with E-state index in [2.05, 4.69) is 10.5 Å². The molecule has 146 valence electrons. The number of nitrogens with zero attached hydrogens (tertiary/aromatic N) is 2. The van der Waals surface area contributed by atoms with Crippen LogP contribution in [0.3, 0.4) is 0 Å². The molecular weight excluding hydrogens is 377 g/mol. The van der Waals surface area contributed by atoms with Gasteiger partial charge >= 0.3 is 0 Å². The van der Waals surface area contributed by atoms with Gasteiger partial charge in [0.05, 0.1) is 11.1 Å². The van der Waals surface area contributed by atoms with E-state index in [1.54, 1.807) is 36.4 Å². The van der Waals surface area contributed by atoms with Crippen molar-refractivity contribution in [3.63, 3.8) is 0 Å². The highest BCUT2D eigenvalue weighted by Gasteiger charge is 2.08. The third kappa shape index (κ3) is 5.70. The van der Waals surface area contributed by atoms with E-state index in [1.807, 2.05) is 0 Å². The van der Waals surface area contributed by atoms with Crippen molar-refractivity contribution in [1.29, 1.82) is 0 Å². The van der Waals surface area contributed by atoms with Crippen LogP contribution in [0, 0.1) is 15.9 Å². The van der Waals surface area contributed by atoms with Crippen LogP contribution in [0.5, 0.6) is 5.75 Å². The number of halogens is 1. The molecule has 0 aliphatic heterocycles. The molecule has 0 radical (unpaired) electrons. The van der Waals surface area contributed by atoms with Crippen LogP contribution in [0.15, 0.2) is 77.9 Å². The first-order chi connectivity index (χ1) is 14.0. The molecule has 0 aliphatic rings. The molecule has 1 amide bonds. The topological polar surface area (TPSA) is 93.8 Å². The minimum absolute atomic E-state index is 0.0909. The zero-order chi connectivity index (χ0) is 20.6. The molecule has 0 spiro atoms. The number of nitro groups is 1. The number of carbonyl (C=O) groups excluding carboxylic acids is 1. The number of carbonyl (C=O) groups is 1. The molecule has 3 rings (SSSR count). The molecule has 7 nitrogen and oxygen atoms in total. The monoisotopic (exact) mass is 393 g/mol. The molecule has 0 saturated heterocycles. The number of nitro benzene ring substituents is 1. The third-order valence-electron chi connectivity index (χ3n) is 3.92. The lowest BCUT2D eigenvalue weighted by atomic mass is 10.2. The van der Waals surface area contributed by atoms with Gasteiger partial charge in [0.2, 0.25) is 0 Å². The summed E-state index contributed by atoms with van der Waals surface area (Å²) in [6.07, 6.45) is 1.47. The van der Waals surface area contributed by atoms with Gasteiger partial charge in [0, 0.05) is 17.7 Å². The number of hydrazone groups is 1. The van der Waals surface area contributed by atoms with Crippen LogP contribution in [-0.4, -0.2) is 17.0 Å². The molecule has 0 unspecified atom stereocenters. The van der Waals surface area contributed by atoms with Gasteiger partial charge in [-0.15, -0.1) is 0 Å². The molecule has 3 aromatic carbocycles. The van der Waals surface area contributed by atoms with Crippen LogP contribution in [0.1, 0.15) is 21.5 Å². The maximum absolute atomic E-state index is 12.9. The van der Waals surface area contributed by atoms with Crippen LogP contribution in [0.25, 0.3) is 0 Å². The molecular formula is C21H16FN3O4. The highest BCUT2D eigenvalue weighted by atomic mass is 19.1. The van der Waals surface area contributed by atoms with E-state index in [9.17, 15) is 19.3 Å². The fourth-order valence-corrected chi connectivity index (χ4v) is 2.36. The van der Waals surface area contributed by atoms with Gasteiger partial charge in [0.1, 0.15) is 18.2 Å². The molecule has 0 saturated carbocycles. The summed E-state index contributed by atoms with van der Waals surface area (Å²) < 4.78 is 18.5. The van der Waals surface area contributed by atoms with E-state index in [0.29, 0.717) is 12.4 Å². The van der Waals surface area contributed by atoms with Crippen LogP contribution >= 0.6 is 0 Å². The molecule has 8 heteroatoms. The Bertz CT molecular complexity index is 1020. The predicted molar refractivity (Wildman–Crippen MR) is 105 cm³/mol. The highest BCUT2D eigenvalue weighted by Crippen LogP contribution is 2.14. The molecule has 0 heterocycles. The summed E-state index contributed by atoms with van der Waals surface area (Å²) in [6, 6.07) is 18.3. The standard InChI is InChI=1S/C21H16FN3O4/c22-18-7-1-16(2-8-18)14-29-20-11-3-15(4-12-20)13-23-24-21(26)17-5-9-19(10-6-17)25(27)28/h1-13H,14H2,(H,24,26)/b23-13-. The maximum atomic E-state index is 12.9. The summed E-state index contributed by atoms with van der Waals surface area (Å²) in [6.45, 7) is 0.318. The summed E-state index contributed by atoms with van der Waals surface area (Å²) in [5.74, 6) is -0.130. The average molecular weight is 393 g/mol. The second kappa shape index (κ2) is 9.23. The largest absolute Gasteiger partial charge is 0.489 e. The second-order valence-corrected chi connectivity index (χ2v) is 5.99. The van der Waals surface area contributed by atoms with E-state index in [1.165, 1.54) is 42.6 Å². The van der Waals surface area contributed by atoms with Crippen molar-refractivity contribution < 1.29 is 18.8 Å². The Morgan fingerprint density at radius 2 is 1.69 bits per heavy atom. The van der Waals surface area contributed by atoms with Gasteiger partial charge in [0.25, 0.3) is 11.6 Å². The zero-order valence-corrected chi connectivity index (χ0v) is 15.1. The minimum Gasteiger partial charge on any atom is -0.489 e. The molecule has 0 atom stereocenters. The molecule has 0 bridgehead atoms. The normalized spacial score (nSPS) is 10.7. The van der Waals surface area contributed by atoms with Crippen molar-refractivity contribution in [3.8, 4) is 5.75 Å². The summed E-state index contributed by atoms with van der Waals surface area (Å²) in [7, 11) is 0. The van der Waals surface area contributed by atoms with Gasteiger partial charge in [0.15, 0.2) is 0 Å². The van der Waals surface area contributed by atoms with E-state index >= 15 is 0 Å². The number of nitrogens with one attached hydrogen (secondary N) is 1. The Labute approximate surface area is 165 Å². The molecule has 1 N–H and O–H groups in total. The molecule has 0 fully saturated rings. The van der Waals surface area contributed by atoms with Gasteiger partial charge in [-0.1, -0.05) is 12.1 Å². The lowest BCUT2D eigenvalue weighted by Crippen LogP contribution is -2.17. The molecule has 29 heavy (non-hydrogen) atoms. The Morgan fingerprint density at radius 1 is 1.03 bits per heavy atom. The number of rotatable bonds is 7. The Kier molecular flexibility index (Phi) is 6.26. The lowest BCUT2D eigenvalue weighted by Gasteiger charge is -2.06. The maximum Gasteiger partial charge on any atom is 0.271 e. The quantitative estimate of drug-likeness (QED) is 0.372. The Morgan fingerprint density at radius 3 is 2.31 bits per heavy atom. The van der Waals surface area contributed by atoms with Crippen molar-refractivity contribution in [2.45, 2.75) is 6.61 Å². The van der Waals surface area contributed by atoms with Gasteiger partial charge in [-0.25, -0.2) is 9.82 Å². The van der Waals surface area contributed by atoms with Crippen LogP contribution in [-0.2, 0) is 6.61 Å². The fourth-order valence-electron chi connectivity index (χ4n) is 2.36. The van der Waals surface area contributed by atoms with Crippen molar-refractivity contribution in [2.24, 2.45) is 5.10 Å². The Balaban J connectivity index is 1.50. The van der Waals surface area contributed by atoms with Gasteiger partial charge in [-0.05, 0) is 59.7 Å². The Hall–Kier alpha value is -4.07. The zero-order valence-electron chi connectivity index (χ0n) is 15.1. The third-order valence-corrected chi connectivity index (χ3v) is 3.92. The number of amides is 1. The smallest absolute Gasteiger partial charge is 0.271 e. The lowest BCUT2D eigenvalue weighted by molar-refractivity contribution is -0.384. The number of hydrogen-bond acceptors (Lipinski definition) is 5.